The third-order valence-electron chi connectivity index (χ3n) is 5.87. The summed E-state index contributed by atoms with van der Waals surface area (Å²) in [5, 5.41) is 7.79. The molecule has 0 saturated heterocycles. The maximum absolute atomic E-state index is 6.43. The molecule has 3 aromatic carbocycles. The van der Waals surface area contributed by atoms with Crippen molar-refractivity contribution in [3.63, 3.8) is 0 Å². The molecule has 0 fully saturated rings. The van der Waals surface area contributed by atoms with Crippen LogP contribution in [0, 0.1) is 0 Å². The molecule has 0 bridgehead atoms. The summed E-state index contributed by atoms with van der Waals surface area (Å²) in [6, 6.07) is 22.4. The lowest BCUT2D eigenvalue weighted by molar-refractivity contribution is -0.0190. The van der Waals surface area contributed by atoms with Crippen molar-refractivity contribution in [1.29, 1.82) is 0 Å². The molecular weight excluding hydrogens is 410 g/mol. The third-order valence-corrected chi connectivity index (χ3v) is 6.10. The average Bonchev–Trinajstić information content (AvgIpc) is 3.24. The lowest BCUT2D eigenvalue weighted by Crippen LogP contribution is -2.33. The molecule has 2 aliphatic heterocycles. The van der Waals surface area contributed by atoms with E-state index in [0.717, 1.165) is 46.0 Å². The molecule has 31 heavy (non-hydrogen) atoms. The topological polar surface area (TPSA) is 37.3 Å². The van der Waals surface area contributed by atoms with Crippen molar-refractivity contribution in [2.45, 2.75) is 18.7 Å². The van der Waals surface area contributed by atoms with E-state index >= 15 is 0 Å². The first-order chi connectivity index (χ1) is 15.0. The summed E-state index contributed by atoms with van der Waals surface area (Å²) < 4.78 is 11.7. The molecule has 6 heteroatoms. The van der Waals surface area contributed by atoms with Crippen LogP contribution in [0.15, 0.2) is 71.8 Å². The van der Waals surface area contributed by atoms with Crippen molar-refractivity contribution in [3.05, 3.63) is 88.4 Å². The van der Waals surface area contributed by atoms with Gasteiger partial charge in [-0.2, -0.15) is 5.10 Å². The molecule has 2 aliphatic rings. The Balaban J connectivity index is 1.55. The van der Waals surface area contributed by atoms with Gasteiger partial charge < -0.3 is 14.4 Å². The van der Waals surface area contributed by atoms with Gasteiger partial charge in [0.2, 0.25) is 6.23 Å². The number of benzene rings is 3. The van der Waals surface area contributed by atoms with Crippen LogP contribution in [0.4, 0.5) is 5.69 Å². The van der Waals surface area contributed by atoms with Crippen LogP contribution in [0.25, 0.3) is 0 Å². The quantitative estimate of drug-likeness (QED) is 0.532. The maximum atomic E-state index is 6.43. The fraction of sp³-hybridized carbons (Fsp3) is 0.240. The van der Waals surface area contributed by atoms with Gasteiger partial charge in [-0.1, -0.05) is 23.7 Å². The van der Waals surface area contributed by atoms with Crippen LogP contribution in [0.2, 0.25) is 5.02 Å². The van der Waals surface area contributed by atoms with Gasteiger partial charge in [0.15, 0.2) is 0 Å². The van der Waals surface area contributed by atoms with E-state index in [-0.39, 0.29) is 12.3 Å². The van der Waals surface area contributed by atoms with Crippen molar-refractivity contribution in [1.82, 2.24) is 5.01 Å². The van der Waals surface area contributed by atoms with E-state index in [4.69, 9.17) is 26.2 Å². The van der Waals surface area contributed by atoms with Crippen molar-refractivity contribution in [2.24, 2.45) is 5.10 Å². The fourth-order valence-electron chi connectivity index (χ4n) is 4.17. The molecule has 0 N–H and O–H groups in total. The van der Waals surface area contributed by atoms with Gasteiger partial charge in [-0.05, 0) is 60.2 Å². The first kappa shape index (κ1) is 19.8. The number of ether oxygens (including phenoxy) is 2. The summed E-state index contributed by atoms with van der Waals surface area (Å²) in [5.41, 5.74) is 5.39. The van der Waals surface area contributed by atoms with Gasteiger partial charge in [0.1, 0.15) is 11.5 Å². The second-order valence-corrected chi connectivity index (χ2v) is 8.45. The number of methoxy groups -OCH3 is 1. The SMILES string of the molecule is COc1ccc(C2=NN3[C@@H](c4ccc(N(C)C)cc4)Oc4ccc(Cl)cc4[C@@H]3C2)cc1. The zero-order valence-corrected chi connectivity index (χ0v) is 18.5. The number of anilines is 1. The molecule has 0 unspecified atom stereocenters. The third kappa shape index (κ3) is 3.59. The van der Waals surface area contributed by atoms with Crippen molar-refractivity contribution in [2.75, 3.05) is 26.1 Å². The zero-order valence-electron chi connectivity index (χ0n) is 17.7. The number of hydrogen-bond donors (Lipinski definition) is 0. The summed E-state index contributed by atoms with van der Waals surface area (Å²) in [4.78, 5) is 2.08. The van der Waals surface area contributed by atoms with E-state index in [1.807, 2.05) is 44.4 Å². The van der Waals surface area contributed by atoms with E-state index in [1.165, 1.54) is 0 Å². The minimum Gasteiger partial charge on any atom is -0.497 e. The molecule has 5 rings (SSSR count). The number of hydrogen-bond acceptors (Lipinski definition) is 5. The number of nitrogens with zero attached hydrogens (tertiary/aromatic N) is 3. The van der Waals surface area contributed by atoms with Gasteiger partial charge in [-0.15, -0.1) is 0 Å². The van der Waals surface area contributed by atoms with Crippen LogP contribution in [0.5, 0.6) is 11.5 Å². The summed E-state index contributed by atoms with van der Waals surface area (Å²) in [6.07, 6.45) is 0.487. The average molecular weight is 434 g/mol. The highest BCUT2D eigenvalue weighted by atomic mass is 35.5. The largest absolute Gasteiger partial charge is 0.497 e. The fourth-order valence-corrected chi connectivity index (χ4v) is 4.35. The first-order valence-electron chi connectivity index (χ1n) is 10.3. The highest BCUT2D eigenvalue weighted by Gasteiger charge is 2.41. The normalized spacial score (nSPS) is 19.2. The molecule has 0 spiro atoms. The predicted molar refractivity (Wildman–Crippen MR) is 124 cm³/mol. The molecule has 0 saturated carbocycles. The Morgan fingerprint density at radius 2 is 1.77 bits per heavy atom. The molecule has 2 atom stereocenters. The first-order valence-corrected chi connectivity index (χ1v) is 10.6. The van der Waals surface area contributed by atoms with E-state index < -0.39 is 0 Å². The van der Waals surface area contributed by atoms with Crippen LogP contribution < -0.4 is 14.4 Å². The van der Waals surface area contributed by atoms with Gasteiger partial charge in [0, 0.05) is 42.4 Å². The van der Waals surface area contributed by atoms with Crippen molar-refractivity contribution in [3.8, 4) is 11.5 Å². The summed E-state index contributed by atoms with van der Waals surface area (Å²) >= 11 is 6.32. The predicted octanol–water partition coefficient (Wildman–Crippen LogP) is 5.66. The van der Waals surface area contributed by atoms with Gasteiger partial charge in [-0.25, -0.2) is 5.01 Å². The lowest BCUT2D eigenvalue weighted by Gasteiger charge is -2.38. The second-order valence-electron chi connectivity index (χ2n) is 8.01. The minimum absolute atomic E-state index is 0.0677. The van der Waals surface area contributed by atoms with E-state index in [0.29, 0.717) is 5.02 Å². The highest BCUT2D eigenvalue weighted by molar-refractivity contribution is 6.30. The van der Waals surface area contributed by atoms with Crippen molar-refractivity contribution >= 4 is 23.0 Å². The standard InChI is InChI=1S/C25H24ClN3O2/c1-28(2)19-9-4-17(5-10-19)25-29-23(21-14-18(26)8-13-24(21)31-25)15-22(27-29)16-6-11-20(30-3)12-7-16/h4-14,23,25H,15H2,1-3H3/t23-,25+/m0/s1. The summed E-state index contributed by atoms with van der Waals surface area (Å²) in [7, 11) is 5.74. The molecule has 0 amide bonds. The Morgan fingerprint density at radius 3 is 2.45 bits per heavy atom. The summed E-state index contributed by atoms with van der Waals surface area (Å²) in [6.45, 7) is 0. The lowest BCUT2D eigenvalue weighted by atomic mass is 9.96. The number of hydrazone groups is 1. The number of fused-ring (bicyclic) bond motifs is 3. The van der Waals surface area contributed by atoms with Gasteiger partial charge >= 0.3 is 0 Å². The molecule has 0 radical (unpaired) electrons. The molecule has 2 heterocycles. The van der Waals surface area contributed by atoms with Gasteiger partial charge in [0.05, 0.1) is 18.9 Å². The van der Waals surface area contributed by atoms with Crippen molar-refractivity contribution < 1.29 is 9.47 Å². The Labute approximate surface area is 187 Å². The Hall–Kier alpha value is -3.18. The molecule has 0 aromatic heterocycles. The van der Waals surface area contributed by atoms with E-state index in [1.54, 1.807) is 7.11 Å². The van der Waals surface area contributed by atoms with Crippen LogP contribution in [0.1, 0.15) is 35.4 Å². The summed E-state index contributed by atoms with van der Waals surface area (Å²) in [5.74, 6) is 1.69. The Kier molecular flexibility index (Phi) is 4.98. The zero-order chi connectivity index (χ0) is 21.5. The van der Waals surface area contributed by atoms with E-state index in [9.17, 15) is 0 Å². The van der Waals surface area contributed by atoms with Gasteiger partial charge in [-0.3, -0.25) is 0 Å². The molecule has 0 aliphatic carbocycles. The van der Waals surface area contributed by atoms with Crippen LogP contribution >= 0.6 is 11.6 Å². The Bertz CT molecular complexity index is 1130. The maximum Gasteiger partial charge on any atom is 0.213 e. The smallest absolute Gasteiger partial charge is 0.213 e. The van der Waals surface area contributed by atoms with Gasteiger partial charge in [0.25, 0.3) is 0 Å². The molecule has 5 nitrogen and oxygen atoms in total. The number of rotatable bonds is 4. The highest BCUT2D eigenvalue weighted by Crippen LogP contribution is 2.48. The Morgan fingerprint density at radius 1 is 1.03 bits per heavy atom. The molecule has 158 valence electrons. The molecule has 3 aromatic rings. The monoisotopic (exact) mass is 433 g/mol. The van der Waals surface area contributed by atoms with Crippen LogP contribution in [-0.4, -0.2) is 31.9 Å². The minimum atomic E-state index is -0.300. The second kappa shape index (κ2) is 7.82. The molecular formula is C25H24ClN3O2. The van der Waals surface area contributed by atoms with Crippen LogP contribution in [-0.2, 0) is 0 Å². The number of halogens is 1. The van der Waals surface area contributed by atoms with Crippen LogP contribution in [0.3, 0.4) is 0 Å². The van der Waals surface area contributed by atoms with E-state index in [2.05, 4.69) is 46.3 Å².